The molecule has 6 heteroatoms. The van der Waals surface area contributed by atoms with E-state index >= 15 is 0 Å². The number of aromatic nitrogens is 2. The standard InChI is InChI=1S/C23H26FN5/c1-16-7-6-9-20(18(16)3)26-23-25-17(2)15-22(27-23)29-13-11-28(12-14-29)21-10-5-4-8-19(21)24/h4-10,15H,11-14H2,1-3H3,(H,25,26,27). The van der Waals surface area contributed by atoms with Crippen molar-refractivity contribution in [2.45, 2.75) is 20.8 Å². The minimum Gasteiger partial charge on any atom is -0.366 e. The van der Waals surface area contributed by atoms with Crippen molar-refractivity contribution in [1.82, 2.24) is 9.97 Å². The number of nitrogens with zero attached hydrogens (tertiary/aromatic N) is 4. The lowest BCUT2D eigenvalue weighted by molar-refractivity contribution is 0.596. The molecule has 150 valence electrons. The Balaban J connectivity index is 1.50. The molecule has 0 atom stereocenters. The van der Waals surface area contributed by atoms with Gasteiger partial charge in [0, 0.05) is 43.6 Å². The van der Waals surface area contributed by atoms with E-state index in [1.54, 1.807) is 6.07 Å². The predicted octanol–water partition coefficient (Wildman–Crippen LogP) is 4.61. The lowest BCUT2D eigenvalue weighted by atomic mass is 10.1. The van der Waals surface area contributed by atoms with E-state index in [-0.39, 0.29) is 5.82 Å². The molecule has 2 heterocycles. The summed E-state index contributed by atoms with van der Waals surface area (Å²) in [5, 5.41) is 3.37. The minimum atomic E-state index is -0.168. The van der Waals surface area contributed by atoms with Gasteiger partial charge >= 0.3 is 0 Å². The fourth-order valence-electron chi connectivity index (χ4n) is 3.66. The van der Waals surface area contributed by atoms with Crippen LogP contribution in [0.2, 0.25) is 0 Å². The molecule has 5 nitrogen and oxygen atoms in total. The number of anilines is 4. The molecule has 1 saturated heterocycles. The predicted molar refractivity (Wildman–Crippen MR) is 117 cm³/mol. The largest absolute Gasteiger partial charge is 0.366 e. The van der Waals surface area contributed by atoms with Crippen LogP contribution in [-0.2, 0) is 0 Å². The summed E-state index contributed by atoms with van der Waals surface area (Å²) in [7, 11) is 0. The van der Waals surface area contributed by atoms with Gasteiger partial charge in [-0.25, -0.2) is 9.37 Å². The number of halogens is 1. The maximum Gasteiger partial charge on any atom is 0.229 e. The number of rotatable bonds is 4. The zero-order valence-electron chi connectivity index (χ0n) is 17.1. The molecule has 1 aromatic heterocycles. The Morgan fingerprint density at radius 1 is 0.862 bits per heavy atom. The fraction of sp³-hybridized carbons (Fsp3) is 0.304. The molecule has 3 aromatic rings. The van der Waals surface area contributed by atoms with Gasteiger partial charge in [-0.05, 0) is 50.1 Å². The molecule has 1 N–H and O–H groups in total. The third kappa shape index (κ3) is 4.16. The first kappa shape index (κ1) is 19.2. The monoisotopic (exact) mass is 391 g/mol. The maximum absolute atomic E-state index is 14.1. The SMILES string of the molecule is Cc1cc(N2CCN(c3ccccc3F)CC2)nc(Nc2cccc(C)c2C)n1. The molecule has 1 aliphatic heterocycles. The molecule has 0 unspecified atom stereocenters. The van der Waals surface area contributed by atoms with Crippen molar-refractivity contribution in [2.75, 3.05) is 41.3 Å². The van der Waals surface area contributed by atoms with Crippen LogP contribution < -0.4 is 15.1 Å². The van der Waals surface area contributed by atoms with Crippen molar-refractivity contribution in [3.05, 3.63) is 71.2 Å². The van der Waals surface area contributed by atoms with Crippen molar-refractivity contribution in [3.63, 3.8) is 0 Å². The molecule has 0 aliphatic carbocycles. The van der Waals surface area contributed by atoms with Crippen molar-refractivity contribution in [2.24, 2.45) is 0 Å². The van der Waals surface area contributed by atoms with E-state index in [0.29, 0.717) is 11.6 Å². The number of aryl methyl sites for hydroxylation is 2. The van der Waals surface area contributed by atoms with Gasteiger partial charge in [-0.2, -0.15) is 4.98 Å². The van der Waals surface area contributed by atoms with Crippen molar-refractivity contribution < 1.29 is 4.39 Å². The summed E-state index contributed by atoms with van der Waals surface area (Å²) >= 11 is 0. The van der Waals surface area contributed by atoms with E-state index in [2.05, 4.69) is 40.0 Å². The lowest BCUT2D eigenvalue weighted by Gasteiger charge is -2.37. The van der Waals surface area contributed by atoms with E-state index in [4.69, 9.17) is 4.98 Å². The number of benzene rings is 2. The average Bonchev–Trinajstić information content (AvgIpc) is 2.72. The number of para-hydroxylation sites is 1. The van der Waals surface area contributed by atoms with Crippen molar-refractivity contribution >= 4 is 23.1 Å². The highest BCUT2D eigenvalue weighted by Gasteiger charge is 2.21. The van der Waals surface area contributed by atoms with E-state index in [9.17, 15) is 4.39 Å². The van der Waals surface area contributed by atoms with Crippen molar-refractivity contribution in [1.29, 1.82) is 0 Å². The van der Waals surface area contributed by atoms with Gasteiger partial charge in [0.2, 0.25) is 5.95 Å². The normalized spacial score (nSPS) is 14.2. The summed E-state index contributed by atoms with van der Waals surface area (Å²) in [5.74, 6) is 1.34. The van der Waals surface area contributed by atoms with Crippen LogP contribution in [0.15, 0.2) is 48.5 Å². The first-order valence-corrected chi connectivity index (χ1v) is 9.94. The molecular formula is C23H26FN5. The van der Waals surface area contributed by atoms with E-state index in [0.717, 1.165) is 43.4 Å². The summed E-state index contributed by atoms with van der Waals surface area (Å²) in [5.41, 5.74) is 5.03. The average molecular weight is 391 g/mol. The van der Waals surface area contributed by atoms with Gasteiger partial charge in [0.15, 0.2) is 0 Å². The van der Waals surface area contributed by atoms with Crippen molar-refractivity contribution in [3.8, 4) is 0 Å². The van der Waals surface area contributed by atoms with Crippen LogP contribution in [0.4, 0.5) is 27.5 Å². The minimum absolute atomic E-state index is 0.168. The summed E-state index contributed by atoms with van der Waals surface area (Å²) < 4.78 is 14.1. The highest BCUT2D eigenvalue weighted by molar-refractivity contribution is 5.61. The first-order chi connectivity index (χ1) is 14.0. The van der Waals surface area contributed by atoms with Crippen LogP contribution >= 0.6 is 0 Å². The summed E-state index contributed by atoms with van der Waals surface area (Å²) in [6.45, 7) is 9.25. The molecule has 1 aliphatic rings. The number of nitrogens with one attached hydrogen (secondary N) is 1. The number of hydrogen-bond donors (Lipinski definition) is 1. The molecule has 0 bridgehead atoms. The molecule has 29 heavy (non-hydrogen) atoms. The topological polar surface area (TPSA) is 44.3 Å². The van der Waals surface area contributed by atoms with Gasteiger partial charge in [-0.3, -0.25) is 0 Å². The summed E-state index contributed by atoms with van der Waals surface area (Å²) in [6.07, 6.45) is 0. The quantitative estimate of drug-likeness (QED) is 0.704. The summed E-state index contributed by atoms with van der Waals surface area (Å²) in [4.78, 5) is 13.6. The van der Waals surface area contributed by atoms with Crippen LogP contribution in [0.1, 0.15) is 16.8 Å². The molecule has 1 fully saturated rings. The highest BCUT2D eigenvalue weighted by atomic mass is 19.1. The van der Waals surface area contributed by atoms with Gasteiger partial charge in [0.05, 0.1) is 5.69 Å². The van der Waals surface area contributed by atoms with E-state index in [1.165, 1.54) is 17.2 Å². The second kappa shape index (κ2) is 8.07. The van der Waals surface area contributed by atoms with Gasteiger partial charge in [0.1, 0.15) is 11.6 Å². The Hall–Kier alpha value is -3.15. The Labute approximate surface area is 171 Å². The fourth-order valence-corrected chi connectivity index (χ4v) is 3.66. The Morgan fingerprint density at radius 3 is 2.34 bits per heavy atom. The third-order valence-electron chi connectivity index (χ3n) is 5.49. The molecule has 0 spiro atoms. The Kier molecular flexibility index (Phi) is 5.34. The lowest BCUT2D eigenvalue weighted by Crippen LogP contribution is -2.47. The van der Waals surface area contributed by atoms with Crippen LogP contribution in [0.3, 0.4) is 0 Å². The molecule has 0 radical (unpaired) electrons. The van der Waals surface area contributed by atoms with Gasteiger partial charge in [0.25, 0.3) is 0 Å². The van der Waals surface area contributed by atoms with Crippen LogP contribution in [0.5, 0.6) is 0 Å². The van der Waals surface area contributed by atoms with Gasteiger partial charge in [-0.15, -0.1) is 0 Å². The molecule has 4 rings (SSSR count). The molecule has 0 amide bonds. The van der Waals surface area contributed by atoms with E-state index < -0.39 is 0 Å². The smallest absolute Gasteiger partial charge is 0.229 e. The number of piperazine rings is 1. The van der Waals surface area contributed by atoms with Crippen LogP contribution in [0, 0.1) is 26.6 Å². The second-order valence-electron chi connectivity index (χ2n) is 7.49. The number of hydrogen-bond acceptors (Lipinski definition) is 5. The van der Waals surface area contributed by atoms with Crippen LogP contribution in [-0.4, -0.2) is 36.1 Å². The maximum atomic E-state index is 14.1. The molecule has 2 aromatic carbocycles. The molecule has 0 saturated carbocycles. The zero-order valence-corrected chi connectivity index (χ0v) is 17.1. The molecular weight excluding hydrogens is 365 g/mol. The first-order valence-electron chi connectivity index (χ1n) is 9.94. The Morgan fingerprint density at radius 2 is 1.59 bits per heavy atom. The van der Waals surface area contributed by atoms with Gasteiger partial charge < -0.3 is 15.1 Å². The van der Waals surface area contributed by atoms with Gasteiger partial charge in [-0.1, -0.05) is 24.3 Å². The third-order valence-corrected chi connectivity index (χ3v) is 5.49. The summed E-state index contributed by atoms with van der Waals surface area (Å²) in [6, 6.07) is 15.1. The Bertz CT molecular complexity index is 1010. The zero-order chi connectivity index (χ0) is 20.4. The van der Waals surface area contributed by atoms with E-state index in [1.807, 2.05) is 37.3 Å². The highest BCUT2D eigenvalue weighted by Crippen LogP contribution is 2.25. The van der Waals surface area contributed by atoms with Crippen LogP contribution in [0.25, 0.3) is 0 Å². The second-order valence-corrected chi connectivity index (χ2v) is 7.49.